The number of carbonyl (C=O) groups is 1. The maximum absolute atomic E-state index is 12.8. The first kappa shape index (κ1) is 22.4. The van der Waals surface area contributed by atoms with Crippen LogP contribution in [0.3, 0.4) is 0 Å². The second-order valence-corrected chi connectivity index (χ2v) is 7.36. The number of hydrogen-bond donors (Lipinski definition) is 1. The van der Waals surface area contributed by atoms with Crippen molar-refractivity contribution in [2.75, 3.05) is 6.61 Å². The Morgan fingerprint density at radius 3 is 2.65 bits per heavy atom. The molecule has 0 aromatic carbocycles. The Labute approximate surface area is 181 Å². The zero-order valence-corrected chi connectivity index (χ0v) is 18.4. The van der Waals surface area contributed by atoms with Gasteiger partial charge in [-0.1, -0.05) is 38.7 Å². The second kappa shape index (κ2) is 10.7. The number of H-pyrrole nitrogens is 1. The zero-order chi connectivity index (χ0) is 22.2. The van der Waals surface area contributed by atoms with E-state index in [1.807, 2.05) is 12.2 Å². The summed E-state index contributed by atoms with van der Waals surface area (Å²) in [6.45, 7) is 5.91. The highest BCUT2D eigenvalue weighted by Crippen LogP contribution is 2.25. The summed E-state index contributed by atoms with van der Waals surface area (Å²) in [4.78, 5) is 37.2. The van der Waals surface area contributed by atoms with E-state index in [1.54, 1.807) is 20.0 Å². The van der Waals surface area contributed by atoms with Crippen LogP contribution in [0.5, 0.6) is 0 Å². The molecular formula is C23H29N5O3. The van der Waals surface area contributed by atoms with Crippen LogP contribution in [0, 0.1) is 6.92 Å². The van der Waals surface area contributed by atoms with E-state index < -0.39 is 5.97 Å². The molecule has 8 nitrogen and oxygen atoms in total. The molecule has 0 radical (unpaired) electrons. The molecule has 0 aliphatic rings. The minimum absolute atomic E-state index is 0.178. The van der Waals surface area contributed by atoms with Gasteiger partial charge in [0.25, 0.3) is 5.56 Å². The van der Waals surface area contributed by atoms with Crippen molar-refractivity contribution in [2.24, 2.45) is 0 Å². The number of allylic oxidation sites excluding steroid dienone is 1. The molecule has 0 amide bonds. The maximum atomic E-state index is 12.8. The van der Waals surface area contributed by atoms with Crippen molar-refractivity contribution >= 4 is 17.7 Å². The predicted octanol–water partition coefficient (Wildman–Crippen LogP) is 4.34. The molecule has 0 saturated carbocycles. The van der Waals surface area contributed by atoms with E-state index in [1.165, 1.54) is 42.5 Å². The fourth-order valence-electron chi connectivity index (χ4n) is 3.43. The van der Waals surface area contributed by atoms with Crippen LogP contribution >= 0.6 is 0 Å². The molecule has 0 aliphatic carbocycles. The molecule has 0 aliphatic heterocycles. The summed E-state index contributed by atoms with van der Waals surface area (Å²) in [6.07, 6.45) is 14.0. The molecule has 31 heavy (non-hydrogen) atoms. The fraction of sp³-hybridized carbons (Fsp3) is 0.435. The SMILES string of the molecule is CCCCCCC/C=C/c1cc(=O)n2nc(-c3nccnc3C)c(C(=O)OCC)c2[nH]1. The molecule has 0 spiro atoms. The standard InChI is InChI=1S/C23H29N5O3/c1-4-6-7-8-9-10-11-12-17-15-18(29)28-22(26-17)19(23(30)31-5-2)21(27-28)20-16(3)24-13-14-25-20/h11-15,26H,4-10H2,1-3H3/b12-11+. The van der Waals surface area contributed by atoms with Crippen LogP contribution < -0.4 is 5.56 Å². The molecule has 0 bridgehead atoms. The lowest BCUT2D eigenvalue weighted by atomic mass is 10.1. The number of nitrogens with one attached hydrogen (secondary N) is 1. The van der Waals surface area contributed by atoms with Crippen molar-refractivity contribution in [1.82, 2.24) is 24.6 Å². The quantitative estimate of drug-likeness (QED) is 0.384. The van der Waals surface area contributed by atoms with Gasteiger partial charge in [-0.05, 0) is 32.8 Å². The zero-order valence-electron chi connectivity index (χ0n) is 18.4. The summed E-state index contributed by atoms with van der Waals surface area (Å²) < 4.78 is 6.42. The van der Waals surface area contributed by atoms with Crippen LogP contribution in [-0.2, 0) is 4.74 Å². The van der Waals surface area contributed by atoms with Crippen LogP contribution in [0.1, 0.15) is 74.1 Å². The largest absolute Gasteiger partial charge is 0.462 e. The Morgan fingerprint density at radius 1 is 1.13 bits per heavy atom. The number of unbranched alkanes of at least 4 members (excludes halogenated alkanes) is 5. The minimum Gasteiger partial charge on any atom is -0.462 e. The van der Waals surface area contributed by atoms with E-state index in [2.05, 4.69) is 27.0 Å². The third kappa shape index (κ3) is 5.25. The van der Waals surface area contributed by atoms with E-state index in [-0.39, 0.29) is 29.1 Å². The lowest BCUT2D eigenvalue weighted by Crippen LogP contribution is -2.15. The molecule has 1 N–H and O–H groups in total. The summed E-state index contributed by atoms with van der Waals surface area (Å²) in [5, 5.41) is 4.37. The topological polar surface area (TPSA) is 102 Å². The van der Waals surface area contributed by atoms with E-state index >= 15 is 0 Å². The number of esters is 1. The molecule has 3 aromatic heterocycles. The molecule has 3 rings (SSSR count). The minimum atomic E-state index is -0.565. The van der Waals surface area contributed by atoms with Gasteiger partial charge in [-0.25, -0.2) is 4.79 Å². The number of aryl methyl sites for hydroxylation is 1. The molecule has 0 unspecified atom stereocenters. The first-order valence-corrected chi connectivity index (χ1v) is 10.8. The van der Waals surface area contributed by atoms with Gasteiger partial charge in [0.05, 0.1) is 12.3 Å². The summed E-state index contributed by atoms with van der Waals surface area (Å²) in [6, 6.07) is 1.47. The number of fused-ring (bicyclic) bond motifs is 1. The third-order valence-corrected chi connectivity index (χ3v) is 4.99. The monoisotopic (exact) mass is 423 g/mol. The van der Waals surface area contributed by atoms with Gasteiger partial charge in [0.2, 0.25) is 0 Å². The number of aromatic amines is 1. The van der Waals surface area contributed by atoms with Crippen molar-refractivity contribution < 1.29 is 9.53 Å². The lowest BCUT2D eigenvalue weighted by Gasteiger charge is -2.04. The summed E-state index contributed by atoms with van der Waals surface area (Å²) in [5.41, 5.74) is 2.05. The molecule has 0 atom stereocenters. The molecule has 3 aromatic rings. The highest BCUT2D eigenvalue weighted by molar-refractivity contribution is 6.02. The van der Waals surface area contributed by atoms with Crippen molar-refractivity contribution in [3.63, 3.8) is 0 Å². The van der Waals surface area contributed by atoms with Crippen LogP contribution in [0.15, 0.2) is 29.3 Å². The second-order valence-electron chi connectivity index (χ2n) is 7.36. The number of rotatable bonds is 10. The van der Waals surface area contributed by atoms with E-state index in [9.17, 15) is 9.59 Å². The van der Waals surface area contributed by atoms with Crippen molar-refractivity contribution in [1.29, 1.82) is 0 Å². The molecule has 0 saturated heterocycles. The Kier molecular flexibility index (Phi) is 7.70. The number of ether oxygens (including phenoxy) is 1. The Balaban J connectivity index is 1.99. The van der Waals surface area contributed by atoms with E-state index in [4.69, 9.17) is 4.74 Å². The number of nitrogens with zero attached hydrogens (tertiary/aromatic N) is 4. The number of aromatic nitrogens is 5. The molecule has 8 heteroatoms. The van der Waals surface area contributed by atoms with Gasteiger partial charge < -0.3 is 9.72 Å². The Morgan fingerprint density at radius 2 is 1.90 bits per heavy atom. The van der Waals surface area contributed by atoms with Crippen LogP contribution in [-0.4, -0.2) is 37.1 Å². The Hall–Kier alpha value is -3.29. The highest BCUT2D eigenvalue weighted by atomic mass is 16.5. The van der Waals surface area contributed by atoms with Gasteiger partial charge in [0, 0.05) is 24.2 Å². The third-order valence-electron chi connectivity index (χ3n) is 4.99. The molecule has 164 valence electrons. The lowest BCUT2D eigenvalue weighted by molar-refractivity contribution is 0.0529. The summed E-state index contributed by atoms with van der Waals surface area (Å²) in [5.74, 6) is -0.565. The first-order valence-electron chi connectivity index (χ1n) is 10.8. The Bertz CT molecular complexity index is 1130. The van der Waals surface area contributed by atoms with Crippen LogP contribution in [0.2, 0.25) is 0 Å². The van der Waals surface area contributed by atoms with E-state index in [0.717, 1.165) is 12.8 Å². The van der Waals surface area contributed by atoms with Gasteiger partial charge in [0.1, 0.15) is 17.0 Å². The smallest absolute Gasteiger partial charge is 0.344 e. The molecular weight excluding hydrogens is 394 g/mol. The van der Waals surface area contributed by atoms with Crippen molar-refractivity contribution in [3.8, 4) is 11.4 Å². The number of hydrogen-bond acceptors (Lipinski definition) is 6. The van der Waals surface area contributed by atoms with Crippen LogP contribution in [0.25, 0.3) is 23.1 Å². The average Bonchev–Trinajstić information content (AvgIpc) is 3.13. The van der Waals surface area contributed by atoms with Gasteiger partial charge in [-0.15, -0.1) is 0 Å². The van der Waals surface area contributed by atoms with Crippen molar-refractivity contribution in [3.05, 3.63) is 51.8 Å². The fourth-order valence-corrected chi connectivity index (χ4v) is 3.43. The highest BCUT2D eigenvalue weighted by Gasteiger charge is 2.26. The van der Waals surface area contributed by atoms with Gasteiger partial charge >= 0.3 is 5.97 Å². The summed E-state index contributed by atoms with van der Waals surface area (Å²) in [7, 11) is 0. The van der Waals surface area contributed by atoms with Crippen molar-refractivity contribution in [2.45, 2.75) is 59.3 Å². The van der Waals surface area contributed by atoms with Crippen LogP contribution in [0.4, 0.5) is 0 Å². The van der Waals surface area contributed by atoms with E-state index in [0.29, 0.717) is 17.1 Å². The van der Waals surface area contributed by atoms with Gasteiger partial charge in [0.15, 0.2) is 5.65 Å². The first-order chi connectivity index (χ1) is 15.1. The molecule has 0 fully saturated rings. The average molecular weight is 424 g/mol. The maximum Gasteiger partial charge on any atom is 0.344 e. The summed E-state index contributed by atoms with van der Waals surface area (Å²) >= 11 is 0. The van der Waals surface area contributed by atoms with Gasteiger partial charge in [-0.3, -0.25) is 14.8 Å². The normalized spacial score (nSPS) is 11.5. The predicted molar refractivity (Wildman–Crippen MR) is 120 cm³/mol. The van der Waals surface area contributed by atoms with Gasteiger partial charge in [-0.2, -0.15) is 9.61 Å². The molecule has 3 heterocycles. The number of carbonyl (C=O) groups excluding carboxylic acids is 1.